The van der Waals surface area contributed by atoms with E-state index in [0.29, 0.717) is 36.8 Å². The van der Waals surface area contributed by atoms with Crippen LogP contribution in [-0.4, -0.2) is 46.3 Å². The molecule has 0 aliphatic carbocycles. The van der Waals surface area contributed by atoms with Gasteiger partial charge in [0.1, 0.15) is 17.4 Å². The van der Waals surface area contributed by atoms with E-state index in [1.165, 1.54) is 19.2 Å². The molecule has 1 N–H and O–H groups in total. The first-order chi connectivity index (χ1) is 13.1. The molecule has 8 heteroatoms. The number of nitrogens with zero attached hydrogens (tertiary/aromatic N) is 4. The van der Waals surface area contributed by atoms with Crippen LogP contribution in [0.25, 0.3) is 11.1 Å². The fraction of sp³-hybridized carbons (Fsp3) is 0.211. The number of aromatic amines is 1. The van der Waals surface area contributed by atoms with E-state index in [9.17, 15) is 9.18 Å². The summed E-state index contributed by atoms with van der Waals surface area (Å²) in [4.78, 5) is 20.4. The highest BCUT2D eigenvalue weighted by atomic mass is 19.1. The van der Waals surface area contributed by atoms with Crippen LogP contribution in [-0.2, 0) is 6.54 Å². The topological polar surface area (TPSA) is 74.3 Å². The fourth-order valence-corrected chi connectivity index (χ4v) is 3.12. The maximum atomic E-state index is 13.7. The number of urea groups is 1. The lowest BCUT2D eigenvalue weighted by molar-refractivity contribution is 0.218. The molecule has 0 unspecified atom stereocenters. The standard InChI is InChI=1S/C19H18FN5O2/c1-27-17-7-13(6-16(20)8-17)12-24-4-5-25(19(24)26)18-3-2-14(9-21-18)15-10-22-23-11-15/h2-3,6-11H,4-5,12H2,1H3,(H,22,23). The largest absolute Gasteiger partial charge is 0.497 e. The number of hydrogen-bond donors (Lipinski definition) is 1. The van der Waals surface area contributed by atoms with Crippen LogP contribution in [0.15, 0.2) is 48.9 Å². The summed E-state index contributed by atoms with van der Waals surface area (Å²) >= 11 is 0. The lowest BCUT2D eigenvalue weighted by Crippen LogP contribution is -2.31. The molecule has 1 saturated heterocycles. The quantitative estimate of drug-likeness (QED) is 0.752. The van der Waals surface area contributed by atoms with Gasteiger partial charge in [-0.15, -0.1) is 0 Å². The molecule has 3 heterocycles. The molecule has 0 radical (unpaired) electrons. The number of carbonyl (C=O) groups is 1. The zero-order valence-corrected chi connectivity index (χ0v) is 14.7. The minimum Gasteiger partial charge on any atom is -0.497 e. The van der Waals surface area contributed by atoms with Crippen molar-refractivity contribution in [3.05, 3.63) is 60.3 Å². The van der Waals surface area contributed by atoms with Crippen LogP contribution in [0.3, 0.4) is 0 Å². The van der Waals surface area contributed by atoms with Crippen LogP contribution in [0.1, 0.15) is 5.56 Å². The maximum Gasteiger partial charge on any atom is 0.326 e. The third-order valence-corrected chi connectivity index (χ3v) is 4.49. The summed E-state index contributed by atoms with van der Waals surface area (Å²) in [5, 5.41) is 6.68. The minimum atomic E-state index is -0.385. The number of nitrogens with one attached hydrogen (secondary N) is 1. The van der Waals surface area contributed by atoms with Gasteiger partial charge in [-0.05, 0) is 29.8 Å². The van der Waals surface area contributed by atoms with Crippen molar-refractivity contribution >= 4 is 11.8 Å². The molecule has 1 aromatic carbocycles. The summed E-state index contributed by atoms with van der Waals surface area (Å²) < 4.78 is 18.8. The summed E-state index contributed by atoms with van der Waals surface area (Å²) in [6.07, 6.45) is 5.22. The molecule has 3 aromatic rings. The molecular formula is C19H18FN5O2. The molecule has 2 amide bonds. The second-order valence-electron chi connectivity index (χ2n) is 6.25. The molecule has 0 atom stereocenters. The number of aromatic nitrogens is 3. The van der Waals surface area contributed by atoms with E-state index in [0.717, 1.165) is 11.1 Å². The predicted molar refractivity (Wildman–Crippen MR) is 97.9 cm³/mol. The van der Waals surface area contributed by atoms with E-state index in [4.69, 9.17) is 4.74 Å². The average molecular weight is 367 g/mol. The summed E-state index contributed by atoms with van der Waals surface area (Å²) in [5.74, 6) is 0.640. The average Bonchev–Trinajstić information content (AvgIpc) is 3.32. The van der Waals surface area contributed by atoms with Crippen molar-refractivity contribution in [2.75, 3.05) is 25.1 Å². The van der Waals surface area contributed by atoms with Crippen molar-refractivity contribution in [2.45, 2.75) is 6.54 Å². The van der Waals surface area contributed by atoms with E-state index < -0.39 is 0 Å². The van der Waals surface area contributed by atoms with Crippen LogP contribution in [0.4, 0.5) is 15.0 Å². The van der Waals surface area contributed by atoms with Crippen LogP contribution in [0, 0.1) is 5.82 Å². The van der Waals surface area contributed by atoms with E-state index >= 15 is 0 Å². The highest BCUT2D eigenvalue weighted by molar-refractivity contribution is 5.93. The molecule has 1 fully saturated rings. The first-order valence-electron chi connectivity index (χ1n) is 8.49. The number of halogens is 1. The Morgan fingerprint density at radius 1 is 1.19 bits per heavy atom. The third kappa shape index (κ3) is 3.46. The molecule has 1 aliphatic heterocycles. The first kappa shape index (κ1) is 17.0. The van der Waals surface area contributed by atoms with Gasteiger partial charge in [0.05, 0.1) is 13.3 Å². The minimum absolute atomic E-state index is 0.151. The fourth-order valence-electron chi connectivity index (χ4n) is 3.12. The van der Waals surface area contributed by atoms with Gasteiger partial charge in [-0.25, -0.2) is 14.2 Å². The number of methoxy groups -OCH3 is 1. The smallest absolute Gasteiger partial charge is 0.326 e. The van der Waals surface area contributed by atoms with Crippen molar-refractivity contribution in [3.8, 4) is 16.9 Å². The van der Waals surface area contributed by atoms with Gasteiger partial charge in [0.25, 0.3) is 0 Å². The van der Waals surface area contributed by atoms with E-state index in [1.54, 1.807) is 34.5 Å². The lowest BCUT2D eigenvalue weighted by Gasteiger charge is -2.18. The van der Waals surface area contributed by atoms with Gasteiger partial charge in [-0.2, -0.15) is 5.10 Å². The Morgan fingerprint density at radius 3 is 2.78 bits per heavy atom. The normalized spacial score (nSPS) is 14.1. The number of H-pyrrole nitrogens is 1. The number of hydrogen-bond acceptors (Lipinski definition) is 4. The zero-order valence-electron chi connectivity index (χ0n) is 14.7. The number of pyridine rings is 1. The Balaban J connectivity index is 1.48. The molecule has 2 aromatic heterocycles. The van der Waals surface area contributed by atoms with Gasteiger partial charge in [0, 0.05) is 49.2 Å². The Labute approximate surface area is 155 Å². The van der Waals surface area contributed by atoms with Crippen molar-refractivity contribution in [1.82, 2.24) is 20.1 Å². The highest BCUT2D eigenvalue weighted by Gasteiger charge is 2.30. The molecule has 0 saturated carbocycles. The number of carbonyl (C=O) groups excluding carboxylic acids is 1. The van der Waals surface area contributed by atoms with Gasteiger partial charge in [0.2, 0.25) is 0 Å². The summed E-state index contributed by atoms with van der Waals surface area (Å²) in [7, 11) is 1.49. The predicted octanol–water partition coefficient (Wildman–Crippen LogP) is 3.06. The number of benzene rings is 1. The molecule has 7 nitrogen and oxygen atoms in total. The van der Waals surface area contributed by atoms with Gasteiger partial charge in [-0.3, -0.25) is 10.00 Å². The molecule has 4 rings (SSSR count). The van der Waals surface area contributed by atoms with E-state index in [2.05, 4.69) is 15.2 Å². The first-order valence-corrected chi connectivity index (χ1v) is 8.49. The van der Waals surface area contributed by atoms with Crippen LogP contribution < -0.4 is 9.64 Å². The number of rotatable bonds is 5. The Kier molecular flexibility index (Phi) is 4.45. The molecule has 0 spiro atoms. The third-order valence-electron chi connectivity index (χ3n) is 4.49. The van der Waals surface area contributed by atoms with Crippen molar-refractivity contribution in [3.63, 3.8) is 0 Å². The van der Waals surface area contributed by atoms with Crippen LogP contribution in [0.2, 0.25) is 0 Å². The highest BCUT2D eigenvalue weighted by Crippen LogP contribution is 2.24. The second-order valence-corrected chi connectivity index (χ2v) is 6.25. The Hall–Kier alpha value is -3.42. The summed E-state index contributed by atoms with van der Waals surface area (Å²) in [5.41, 5.74) is 2.54. The number of ether oxygens (including phenoxy) is 1. The van der Waals surface area contributed by atoms with Gasteiger partial charge in [-0.1, -0.05) is 0 Å². The molecule has 0 bridgehead atoms. The number of amides is 2. The van der Waals surface area contributed by atoms with Gasteiger partial charge < -0.3 is 9.64 Å². The molecule has 27 heavy (non-hydrogen) atoms. The Morgan fingerprint density at radius 2 is 2.07 bits per heavy atom. The lowest BCUT2D eigenvalue weighted by atomic mass is 10.2. The summed E-state index contributed by atoms with van der Waals surface area (Å²) in [6, 6.07) is 8.03. The second kappa shape index (κ2) is 7.06. The van der Waals surface area contributed by atoms with Gasteiger partial charge in [0.15, 0.2) is 0 Å². The van der Waals surface area contributed by atoms with Crippen LogP contribution in [0.5, 0.6) is 5.75 Å². The summed E-state index contributed by atoms with van der Waals surface area (Å²) in [6.45, 7) is 1.39. The van der Waals surface area contributed by atoms with Crippen molar-refractivity contribution in [1.29, 1.82) is 0 Å². The number of anilines is 1. The molecule has 138 valence electrons. The molecular weight excluding hydrogens is 349 g/mol. The molecule has 1 aliphatic rings. The Bertz CT molecular complexity index is 943. The van der Waals surface area contributed by atoms with E-state index in [1.807, 2.05) is 12.1 Å². The van der Waals surface area contributed by atoms with Gasteiger partial charge >= 0.3 is 6.03 Å². The van der Waals surface area contributed by atoms with Crippen LogP contribution >= 0.6 is 0 Å². The van der Waals surface area contributed by atoms with E-state index in [-0.39, 0.29) is 11.8 Å². The zero-order chi connectivity index (χ0) is 18.8. The maximum absolute atomic E-state index is 13.7. The van der Waals surface area contributed by atoms with Crippen molar-refractivity contribution in [2.24, 2.45) is 0 Å². The van der Waals surface area contributed by atoms with Crippen molar-refractivity contribution < 1.29 is 13.9 Å². The monoisotopic (exact) mass is 367 g/mol. The SMILES string of the molecule is COc1cc(F)cc(CN2CCN(c3ccc(-c4cn[nH]c4)cn3)C2=O)c1.